The molecule has 2 aromatic rings. The molecule has 0 saturated carbocycles. The van der Waals surface area contributed by atoms with E-state index < -0.39 is 0 Å². The molecule has 17 heavy (non-hydrogen) atoms. The highest BCUT2D eigenvalue weighted by molar-refractivity contribution is 5.30. The number of aromatic nitrogens is 1. The Kier molecular flexibility index (Phi) is 3.35. The predicted octanol–water partition coefficient (Wildman–Crippen LogP) is 2.81. The summed E-state index contributed by atoms with van der Waals surface area (Å²) in [6.45, 7) is 1.73. The van der Waals surface area contributed by atoms with Crippen LogP contribution in [-0.2, 0) is 6.61 Å². The molecule has 0 atom stereocenters. The number of nitrogens with zero attached hydrogens (tertiary/aromatic N) is 1. The number of aryl methyl sites for hydroxylation is 1. The molecule has 4 heteroatoms. The number of halogens is 1. The zero-order valence-electron chi connectivity index (χ0n) is 9.35. The van der Waals surface area contributed by atoms with Crippen LogP contribution >= 0.6 is 0 Å². The van der Waals surface area contributed by atoms with E-state index in [2.05, 4.69) is 4.98 Å². The number of aliphatic hydroxyl groups is 1. The van der Waals surface area contributed by atoms with Crippen LogP contribution in [0.2, 0.25) is 0 Å². The van der Waals surface area contributed by atoms with E-state index in [0.717, 1.165) is 5.56 Å². The lowest BCUT2D eigenvalue weighted by Gasteiger charge is -2.07. The number of hydrogen-bond acceptors (Lipinski definition) is 3. The lowest BCUT2D eigenvalue weighted by molar-refractivity contribution is 0.280. The van der Waals surface area contributed by atoms with Gasteiger partial charge < -0.3 is 9.84 Å². The minimum absolute atomic E-state index is 0.0565. The third kappa shape index (κ3) is 2.79. The molecule has 1 N–H and O–H groups in total. The highest BCUT2D eigenvalue weighted by atomic mass is 19.1. The van der Waals surface area contributed by atoms with Gasteiger partial charge in [0.15, 0.2) is 0 Å². The number of pyridine rings is 1. The average Bonchev–Trinajstić information content (AvgIpc) is 2.29. The first-order chi connectivity index (χ1) is 8.19. The fourth-order valence-electron chi connectivity index (χ4n) is 1.44. The Bertz CT molecular complexity index is 529. The number of aliphatic hydroxyl groups excluding tert-OH is 1. The van der Waals surface area contributed by atoms with Gasteiger partial charge in [-0.05, 0) is 30.7 Å². The van der Waals surface area contributed by atoms with E-state index in [-0.39, 0.29) is 12.4 Å². The largest absolute Gasteiger partial charge is 0.439 e. The molecule has 88 valence electrons. The van der Waals surface area contributed by atoms with Gasteiger partial charge in [0.2, 0.25) is 5.88 Å². The third-order valence-electron chi connectivity index (χ3n) is 2.36. The summed E-state index contributed by atoms with van der Waals surface area (Å²) in [7, 11) is 0. The van der Waals surface area contributed by atoms with Gasteiger partial charge in [-0.15, -0.1) is 0 Å². The van der Waals surface area contributed by atoms with Crippen molar-refractivity contribution >= 4 is 0 Å². The van der Waals surface area contributed by atoms with Crippen LogP contribution in [0.15, 0.2) is 36.4 Å². The van der Waals surface area contributed by atoms with Gasteiger partial charge in [0.25, 0.3) is 0 Å². The molecule has 1 aromatic carbocycles. The summed E-state index contributed by atoms with van der Waals surface area (Å²) in [5, 5.41) is 9.01. The zero-order valence-corrected chi connectivity index (χ0v) is 9.35. The van der Waals surface area contributed by atoms with Gasteiger partial charge in [0.1, 0.15) is 11.6 Å². The minimum atomic E-state index is -0.355. The van der Waals surface area contributed by atoms with Crippen LogP contribution < -0.4 is 4.74 Å². The molecule has 0 aliphatic carbocycles. The second kappa shape index (κ2) is 4.93. The minimum Gasteiger partial charge on any atom is -0.439 e. The van der Waals surface area contributed by atoms with Crippen molar-refractivity contribution in [3.05, 3.63) is 53.5 Å². The molecule has 3 nitrogen and oxygen atoms in total. The Morgan fingerprint density at radius 2 is 2.12 bits per heavy atom. The lowest BCUT2D eigenvalue weighted by Crippen LogP contribution is -1.95. The van der Waals surface area contributed by atoms with Gasteiger partial charge in [-0.3, -0.25) is 0 Å². The fourth-order valence-corrected chi connectivity index (χ4v) is 1.44. The highest BCUT2D eigenvalue weighted by Crippen LogP contribution is 2.21. The second-order valence-electron chi connectivity index (χ2n) is 3.61. The topological polar surface area (TPSA) is 42.4 Å². The molecule has 0 spiro atoms. The first-order valence-electron chi connectivity index (χ1n) is 5.20. The van der Waals surface area contributed by atoms with Gasteiger partial charge in [-0.25, -0.2) is 9.37 Å². The molecule has 0 aliphatic rings. The van der Waals surface area contributed by atoms with Crippen molar-refractivity contribution in [1.82, 2.24) is 4.98 Å². The summed E-state index contributed by atoms with van der Waals surface area (Å²) in [6, 6.07) is 9.23. The van der Waals surface area contributed by atoms with Crippen molar-refractivity contribution in [3.8, 4) is 11.6 Å². The van der Waals surface area contributed by atoms with E-state index in [4.69, 9.17) is 9.84 Å². The number of hydrogen-bond donors (Lipinski definition) is 1. The number of benzene rings is 1. The van der Waals surface area contributed by atoms with Gasteiger partial charge in [0.05, 0.1) is 6.61 Å². The quantitative estimate of drug-likeness (QED) is 0.886. The maximum absolute atomic E-state index is 12.9. The van der Waals surface area contributed by atoms with Gasteiger partial charge in [0, 0.05) is 17.8 Å². The van der Waals surface area contributed by atoms with Crippen molar-refractivity contribution < 1.29 is 14.2 Å². The van der Waals surface area contributed by atoms with E-state index in [0.29, 0.717) is 17.3 Å². The monoisotopic (exact) mass is 233 g/mol. The predicted molar refractivity (Wildman–Crippen MR) is 61.4 cm³/mol. The van der Waals surface area contributed by atoms with Gasteiger partial charge in [-0.1, -0.05) is 6.07 Å². The van der Waals surface area contributed by atoms with Crippen LogP contribution in [0.1, 0.15) is 11.3 Å². The lowest BCUT2D eigenvalue weighted by atomic mass is 10.2. The van der Waals surface area contributed by atoms with Crippen molar-refractivity contribution in [3.63, 3.8) is 0 Å². The Balaban J connectivity index is 2.22. The van der Waals surface area contributed by atoms with E-state index >= 15 is 0 Å². The first kappa shape index (κ1) is 11.5. The van der Waals surface area contributed by atoms with Crippen LogP contribution in [0.3, 0.4) is 0 Å². The number of ether oxygens (including phenoxy) is 1. The van der Waals surface area contributed by atoms with Gasteiger partial charge >= 0.3 is 0 Å². The van der Waals surface area contributed by atoms with Crippen LogP contribution in [0.4, 0.5) is 4.39 Å². The summed E-state index contributed by atoms with van der Waals surface area (Å²) in [5.74, 6) is 0.421. The normalized spacial score (nSPS) is 10.3. The molecule has 2 rings (SSSR count). The summed E-state index contributed by atoms with van der Waals surface area (Å²) >= 11 is 0. The van der Waals surface area contributed by atoms with Crippen LogP contribution in [0.25, 0.3) is 0 Å². The molecule has 1 heterocycles. The van der Waals surface area contributed by atoms with Crippen LogP contribution in [0.5, 0.6) is 11.6 Å². The van der Waals surface area contributed by atoms with Crippen molar-refractivity contribution in [2.24, 2.45) is 0 Å². The highest BCUT2D eigenvalue weighted by Gasteiger charge is 2.03. The molecule has 0 aliphatic heterocycles. The maximum atomic E-state index is 12.9. The van der Waals surface area contributed by atoms with E-state index in [9.17, 15) is 4.39 Å². The van der Waals surface area contributed by atoms with Crippen LogP contribution in [-0.4, -0.2) is 10.1 Å². The average molecular weight is 233 g/mol. The Labute approximate surface area is 98.5 Å². The van der Waals surface area contributed by atoms with Crippen molar-refractivity contribution in [1.29, 1.82) is 0 Å². The Hall–Kier alpha value is -1.94. The Morgan fingerprint density at radius 3 is 2.76 bits per heavy atom. The van der Waals surface area contributed by atoms with Crippen LogP contribution in [0, 0.1) is 12.7 Å². The van der Waals surface area contributed by atoms with Crippen molar-refractivity contribution in [2.45, 2.75) is 13.5 Å². The molecular formula is C13H12FNO2. The summed E-state index contributed by atoms with van der Waals surface area (Å²) in [5.41, 5.74) is 1.44. The SMILES string of the molecule is Cc1nc(Oc2cccc(F)c2)ccc1CO. The second-order valence-corrected chi connectivity index (χ2v) is 3.61. The molecule has 0 saturated heterocycles. The fraction of sp³-hybridized carbons (Fsp3) is 0.154. The third-order valence-corrected chi connectivity index (χ3v) is 2.36. The maximum Gasteiger partial charge on any atom is 0.219 e. The molecule has 0 fully saturated rings. The van der Waals surface area contributed by atoms with E-state index in [1.165, 1.54) is 12.1 Å². The molecule has 0 amide bonds. The molecular weight excluding hydrogens is 221 g/mol. The smallest absolute Gasteiger partial charge is 0.219 e. The van der Waals surface area contributed by atoms with Crippen molar-refractivity contribution in [2.75, 3.05) is 0 Å². The molecule has 0 bridgehead atoms. The Morgan fingerprint density at radius 1 is 1.29 bits per heavy atom. The summed E-state index contributed by atoms with van der Waals surface area (Å²) in [6.07, 6.45) is 0. The molecule has 1 aromatic heterocycles. The van der Waals surface area contributed by atoms with E-state index in [1.807, 2.05) is 0 Å². The number of rotatable bonds is 3. The van der Waals surface area contributed by atoms with E-state index in [1.54, 1.807) is 31.2 Å². The standard InChI is InChI=1S/C13H12FNO2/c1-9-10(8-16)5-6-13(15-9)17-12-4-2-3-11(14)7-12/h2-7,16H,8H2,1H3. The zero-order chi connectivity index (χ0) is 12.3. The molecule has 0 radical (unpaired) electrons. The first-order valence-corrected chi connectivity index (χ1v) is 5.20. The summed E-state index contributed by atoms with van der Waals surface area (Å²) < 4.78 is 18.3. The van der Waals surface area contributed by atoms with Gasteiger partial charge in [-0.2, -0.15) is 0 Å². The summed E-state index contributed by atoms with van der Waals surface area (Å²) in [4.78, 5) is 4.16. The molecule has 0 unspecified atom stereocenters.